The van der Waals surface area contributed by atoms with Gasteiger partial charge in [-0.3, -0.25) is 0 Å². The zero-order chi connectivity index (χ0) is 15.2. The van der Waals surface area contributed by atoms with Crippen molar-refractivity contribution in [2.45, 2.75) is 13.0 Å². The Kier molecular flexibility index (Phi) is 5.36. The number of likely N-dealkylation sites (N-methyl/N-ethyl adjacent to an activating group) is 1. The summed E-state index contributed by atoms with van der Waals surface area (Å²) in [7, 11) is 4.04. The van der Waals surface area contributed by atoms with Crippen molar-refractivity contribution in [2.24, 2.45) is 0 Å². The van der Waals surface area contributed by atoms with E-state index in [0.29, 0.717) is 6.54 Å². The van der Waals surface area contributed by atoms with E-state index in [9.17, 15) is 4.79 Å². The smallest absolute Gasteiger partial charge is 0.319 e. The minimum absolute atomic E-state index is 0.177. The molecule has 21 heavy (non-hydrogen) atoms. The lowest BCUT2D eigenvalue weighted by Gasteiger charge is -2.23. The maximum Gasteiger partial charge on any atom is 0.319 e. The molecular formula is C16H21N3OS. The van der Waals surface area contributed by atoms with Crippen LogP contribution in [0.4, 0.5) is 10.5 Å². The molecule has 112 valence electrons. The molecule has 0 saturated heterocycles. The highest BCUT2D eigenvalue weighted by molar-refractivity contribution is 7.10. The molecule has 0 radical (unpaired) electrons. The number of carbonyl (C=O) groups excluding carboxylic acids is 1. The Hall–Kier alpha value is -1.85. The Morgan fingerprint density at radius 2 is 2.10 bits per heavy atom. The Bertz CT molecular complexity index is 581. The fourth-order valence-corrected chi connectivity index (χ4v) is 3.03. The molecule has 0 aliphatic rings. The third-order valence-corrected chi connectivity index (χ3v) is 4.20. The number of hydrogen-bond acceptors (Lipinski definition) is 3. The number of benzene rings is 1. The van der Waals surface area contributed by atoms with Crippen LogP contribution in [-0.2, 0) is 0 Å². The van der Waals surface area contributed by atoms with E-state index in [2.05, 4.69) is 27.0 Å². The molecular weight excluding hydrogens is 282 g/mol. The molecule has 1 aromatic heterocycles. The molecule has 0 fully saturated rings. The number of aryl methyl sites for hydroxylation is 1. The first-order valence-electron chi connectivity index (χ1n) is 6.87. The molecule has 1 aromatic carbocycles. The first-order valence-corrected chi connectivity index (χ1v) is 7.75. The van der Waals surface area contributed by atoms with Crippen LogP contribution in [-0.4, -0.2) is 31.6 Å². The van der Waals surface area contributed by atoms with Gasteiger partial charge in [0.2, 0.25) is 0 Å². The standard InChI is InChI=1S/C16H21N3OS/c1-12-6-4-7-13(10-12)18-16(20)17-11-14(19(2)3)15-8-5-9-21-15/h4-10,14H,11H2,1-3H3,(H2,17,18,20). The predicted molar refractivity (Wildman–Crippen MR) is 88.9 cm³/mol. The predicted octanol–water partition coefficient (Wildman–Crippen LogP) is 3.48. The average molecular weight is 303 g/mol. The van der Waals surface area contributed by atoms with Crippen molar-refractivity contribution in [1.82, 2.24) is 10.2 Å². The van der Waals surface area contributed by atoms with Gasteiger partial charge in [0.1, 0.15) is 0 Å². The van der Waals surface area contributed by atoms with Gasteiger partial charge in [0.05, 0.1) is 6.04 Å². The summed E-state index contributed by atoms with van der Waals surface area (Å²) in [6.45, 7) is 2.58. The van der Waals surface area contributed by atoms with Crippen molar-refractivity contribution in [3.8, 4) is 0 Å². The van der Waals surface area contributed by atoms with Crippen molar-refractivity contribution < 1.29 is 4.79 Å². The zero-order valence-electron chi connectivity index (χ0n) is 12.6. The topological polar surface area (TPSA) is 44.4 Å². The van der Waals surface area contributed by atoms with E-state index in [1.165, 1.54) is 4.88 Å². The largest absolute Gasteiger partial charge is 0.336 e. The van der Waals surface area contributed by atoms with E-state index in [4.69, 9.17) is 0 Å². The second-order valence-corrected chi connectivity index (χ2v) is 6.18. The highest BCUT2D eigenvalue weighted by Crippen LogP contribution is 2.22. The fourth-order valence-electron chi connectivity index (χ4n) is 2.11. The third-order valence-electron chi connectivity index (χ3n) is 3.23. The van der Waals surface area contributed by atoms with E-state index < -0.39 is 0 Å². The average Bonchev–Trinajstić information content (AvgIpc) is 2.92. The second kappa shape index (κ2) is 7.24. The third kappa shape index (κ3) is 4.58. The van der Waals surface area contributed by atoms with Gasteiger partial charge in [0.25, 0.3) is 0 Å². The molecule has 5 heteroatoms. The van der Waals surface area contributed by atoms with E-state index >= 15 is 0 Å². The first-order chi connectivity index (χ1) is 10.1. The minimum atomic E-state index is -0.177. The van der Waals surface area contributed by atoms with Gasteiger partial charge in [0, 0.05) is 17.1 Å². The lowest BCUT2D eigenvalue weighted by Crippen LogP contribution is -2.36. The number of amides is 2. The van der Waals surface area contributed by atoms with E-state index in [1.807, 2.05) is 51.4 Å². The van der Waals surface area contributed by atoms with Crippen LogP contribution >= 0.6 is 11.3 Å². The van der Waals surface area contributed by atoms with Crippen LogP contribution in [0.1, 0.15) is 16.5 Å². The number of rotatable bonds is 5. The van der Waals surface area contributed by atoms with Gasteiger partial charge >= 0.3 is 6.03 Å². The summed E-state index contributed by atoms with van der Waals surface area (Å²) < 4.78 is 0. The molecule has 0 bridgehead atoms. The highest BCUT2D eigenvalue weighted by Gasteiger charge is 2.16. The molecule has 2 amide bonds. The van der Waals surface area contributed by atoms with Crippen molar-refractivity contribution in [2.75, 3.05) is 26.0 Å². The van der Waals surface area contributed by atoms with Gasteiger partial charge in [-0.1, -0.05) is 18.2 Å². The number of urea groups is 1. The number of thiophene rings is 1. The van der Waals surface area contributed by atoms with Gasteiger partial charge in [-0.2, -0.15) is 0 Å². The quantitative estimate of drug-likeness (QED) is 0.888. The number of nitrogens with zero attached hydrogens (tertiary/aromatic N) is 1. The molecule has 1 heterocycles. The van der Waals surface area contributed by atoms with Crippen LogP contribution in [0.2, 0.25) is 0 Å². The van der Waals surface area contributed by atoms with Crippen LogP contribution in [0.5, 0.6) is 0 Å². The number of anilines is 1. The number of carbonyl (C=O) groups is 1. The summed E-state index contributed by atoms with van der Waals surface area (Å²) in [6.07, 6.45) is 0. The normalized spacial score (nSPS) is 12.2. The van der Waals surface area contributed by atoms with E-state index in [1.54, 1.807) is 11.3 Å². The van der Waals surface area contributed by atoms with Crippen LogP contribution in [0.25, 0.3) is 0 Å². The second-order valence-electron chi connectivity index (χ2n) is 5.20. The SMILES string of the molecule is Cc1cccc(NC(=O)NCC(c2cccs2)N(C)C)c1. The maximum absolute atomic E-state index is 12.0. The van der Waals surface area contributed by atoms with Gasteiger partial charge in [0.15, 0.2) is 0 Å². The lowest BCUT2D eigenvalue weighted by atomic mass is 10.2. The molecule has 2 N–H and O–H groups in total. The van der Waals surface area contributed by atoms with Gasteiger partial charge in [-0.25, -0.2) is 4.79 Å². The number of hydrogen-bond donors (Lipinski definition) is 2. The Balaban J connectivity index is 1.90. The van der Waals surface area contributed by atoms with Gasteiger partial charge < -0.3 is 15.5 Å². The Morgan fingerprint density at radius 3 is 2.71 bits per heavy atom. The summed E-state index contributed by atoms with van der Waals surface area (Å²) in [5, 5.41) is 7.85. The zero-order valence-corrected chi connectivity index (χ0v) is 13.4. The monoisotopic (exact) mass is 303 g/mol. The summed E-state index contributed by atoms with van der Waals surface area (Å²) in [5.41, 5.74) is 1.93. The lowest BCUT2D eigenvalue weighted by molar-refractivity contribution is 0.244. The van der Waals surface area contributed by atoms with Crippen molar-refractivity contribution in [1.29, 1.82) is 0 Å². The summed E-state index contributed by atoms with van der Waals surface area (Å²) in [5.74, 6) is 0. The molecule has 0 aliphatic carbocycles. The van der Waals surface area contributed by atoms with Crippen LogP contribution in [0.3, 0.4) is 0 Å². The molecule has 0 spiro atoms. The van der Waals surface area contributed by atoms with E-state index in [-0.39, 0.29) is 12.1 Å². The summed E-state index contributed by atoms with van der Waals surface area (Å²) in [4.78, 5) is 15.3. The Morgan fingerprint density at radius 1 is 1.29 bits per heavy atom. The van der Waals surface area contributed by atoms with Crippen molar-refractivity contribution in [3.63, 3.8) is 0 Å². The maximum atomic E-state index is 12.0. The van der Waals surface area contributed by atoms with Gasteiger partial charge in [-0.05, 0) is 50.2 Å². The molecule has 2 aromatic rings. The number of nitrogens with one attached hydrogen (secondary N) is 2. The minimum Gasteiger partial charge on any atom is -0.336 e. The first kappa shape index (κ1) is 15.5. The summed E-state index contributed by atoms with van der Waals surface area (Å²) in [6, 6.07) is 11.9. The molecule has 0 aliphatic heterocycles. The van der Waals surface area contributed by atoms with E-state index in [0.717, 1.165) is 11.3 Å². The molecule has 1 unspecified atom stereocenters. The Labute approximate surface area is 129 Å². The molecule has 2 rings (SSSR count). The van der Waals surface area contributed by atoms with Crippen LogP contribution in [0, 0.1) is 6.92 Å². The van der Waals surface area contributed by atoms with Crippen LogP contribution < -0.4 is 10.6 Å². The highest BCUT2D eigenvalue weighted by atomic mass is 32.1. The van der Waals surface area contributed by atoms with Crippen molar-refractivity contribution in [3.05, 3.63) is 52.2 Å². The molecule has 0 saturated carbocycles. The molecule has 4 nitrogen and oxygen atoms in total. The fraction of sp³-hybridized carbons (Fsp3) is 0.312. The van der Waals surface area contributed by atoms with Gasteiger partial charge in [-0.15, -0.1) is 11.3 Å². The van der Waals surface area contributed by atoms with Crippen molar-refractivity contribution >= 4 is 23.1 Å². The van der Waals surface area contributed by atoms with Crippen LogP contribution in [0.15, 0.2) is 41.8 Å². The summed E-state index contributed by atoms with van der Waals surface area (Å²) >= 11 is 1.70. The molecule has 1 atom stereocenters.